The minimum Gasteiger partial charge on any atom is -0.460 e. The molecule has 0 aromatic heterocycles. The Balaban J connectivity index is 4.03. The van der Waals surface area contributed by atoms with Gasteiger partial charge in [-0.15, -0.1) is 0 Å². The molecule has 0 amide bonds. The second-order valence-electron chi connectivity index (χ2n) is 7.57. The molecule has 0 fully saturated rings. The zero-order chi connectivity index (χ0) is 16.5. The third kappa shape index (κ3) is 13.7. The van der Waals surface area contributed by atoms with Gasteiger partial charge in [-0.25, -0.2) is 4.79 Å². The first-order valence-corrected chi connectivity index (χ1v) is 8.15. The molecule has 122 valence electrons. The molecule has 21 heavy (non-hydrogen) atoms. The molecule has 0 aromatic rings. The van der Waals surface area contributed by atoms with Gasteiger partial charge >= 0.3 is 5.97 Å². The first-order valence-electron chi connectivity index (χ1n) is 8.15. The maximum absolute atomic E-state index is 11.5. The van der Waals surface area contributed by atoms with Gasteiger partial charge in [-0.3, -0.25) is 0 Å². The number of ether oxygens (including phenoxy) is 1. The number of allylic oxidation sites excluding steroid dienone is 3. The van der Waals surface area contributed by atoms with Gasteiger partial charge in [0.25, 0.3) is 0 Å². The van der Waals surface area contributed by atoms with Crippen LogP contribution in [-0.4, -0.2) is 12.1 Å². The lowest BCUT2D eigenvalue weighted by Crippen LogP contribution is -2.08. The number of hydrogen-bond acceptors (Lipinski definition) is 2. The Morgan fingerprint density at radius 3 is 2.33 bits per heavy atom. The minimum absolute atomic E-state index is 0.0617. The van der Waals surface area contributed by atoms with Crippen LogP contribution in [0.2, 0.25) is 0 Å². The molecule has 0 aromatic carbocycles. The van der Waals surface area contributed by atoms with Crippen molar-refractivity contribution in [2.75, 3.05) is 0 Å². The van der Waals surface area contributed by atoms with Crippen LogP contribution in [0.15, 0.2) is 23.8 Å². The predicted octanol–water partition coefficient (Wildman–Crippen LogP) is 5.68. The van der Waals surface area contributed by atoms with E-state index in [1.165, 1.54) is 19.3 Å². The lowest BCUT2D eigenvalue weighted by Gasteiger charge is -2.18. The first-order chi connectivity index (χ1) is 9.60. The Morgan fingerprint density at radius 1 is 1.19 bits per heavy atom. The smallest absolute Gasteiger partial charge is 0.331 e. The van der Waals surface area contributed by atoms with Crippen LogP contribution in [0.4, 0.5) is 0 Å². The molecule has 2 nitrogen and oxygen atoms in total. The highest BCUT2D eigenvalue weighted by Gasteiger charge is 2.10. The molecule has 0 saturated carbocycles. The molecule has 0 aliphatic carbocycles. The molecular formula is C19H34O2. The third-order valence-electron chi connectivity index (χ3n) is 3.24. The van der Waals surface area contributed by atoms with Gasteiger partial charge in [-0.2, -0.15) is 0 Å². The van der Waals surface area contributed by atoms with E-state index < -0.39 is 0 Å². The zero-order valence-electron chi connectivity index (χ0n) is 15.0. The van der Waals surface area contributed by atoms with Gasteiger partial charge in [0.2, 0.25) is 0 Å². The first kappa shape index (κ1) is 19.9. The van der Waals surface area contributed by atoms with Crippen LogP contribution in [0.25, 0.3) is 0 Å². The van der Waals surface area contributed by atoms with Gasteiger partial charge < -0.3 is 4.74 Å². The molecule has 0 rings (SSSR count). The molecule has 0 spiro atoms. The topological polar surface area (TPSA) is 26.3 Å². The molecule has 1 unspecified atom stereocenters. The summed E-state index contributed by atoms with van der Waals surface area (Å²) in [6.45, 7) is 14.8. The fourth-order valence-electron chi connectivity index (χ4n) is 2.09. The van der Waals surface area contributed by atoms with E-state index >= 15 is 0 Å². The van der Waals surface area contributed by atoms with Crippen molar-refractivity contribution < 1.29 is 9.53 Å². The summed E-state index contributed by atoms with van der Waals surface area (Å²) in [5.41, 5.74) is 1.38. The summed E-state index contributed by atoms with van der Waals surface area (Å²) in [4.78, 5) is 11.5. The van der Waals surface area contributed by atoms with Crippen LogP contribution < -0.4 is 0 Å². The SMILES string of the molecule is CC(C=CCC(C)CCCC(C)(C)C)=CC(=O)OC(C)C. The molecule has 0 aliphatic rings. The van der Waals surface area contributed by atoms with Crippen LogP contribution in [0.3, 0.4) is 0 Å². The summed E-state index contributed by atoms with van der Waals surface area (Å²) in [5.74, 6) is 0.435. The standard InChI is InChI=1S/C19H34O2/c1-15(2)21-18(20)14-17(4)11-8-10-16(3)12-9-13-19(5,6)7/h8,11,14-16H,9-10,12-13H2,1-7H3. The van der Waals surface area contributed by atoms with Crippen LogP contribution >= 0.6 is 0 Å². The lowest BCUT2D eigenvalue weighted by atomic mass is 9.87. The second kappa shape index (κ2) is 9.81. The molecule has 0 saturated heterocycles. The molecule has 0 N–H and O–H groups in total. The maximum Gasteiger partial charge on any atom is 0.331 e. The van der Waals surface area contributed by atoms with Gasteiger partial charge in [0.1, 0.15) is 0 Å². The summed E-state index contributed by atoms with van der Waals surface area (Å²) in [7, 11) is 0. The van der Waals surface area contributed by atoms with E-state index in [-0.39, 0.29) is 12.1 Å². The summed E-state index contributed by atoms with van der Waals surface area (Å²) < 4.78 is 5.08. The van der Waals surface area contributed by atoms with Crippen molar-refractivity contribution in [3.8, 4) is 0 Å². The van der Waals surface area contributed by atoms with Crippen molar-refractivity contribution in [2.45, 2.75) is 80.3 Å². The summed E-state index contributed by atoms with van der Waals surface area (Å²) in [5, 5.41) is 0. The van der Waals surface area contributed by atoms with E-state index in [9.17, 15) is 4.79 Å². The van der Waals surface area contributed by atoms with Gasteiger partial charge in [-0.05, 0) is 50.5 Å². The molecular weight excluding hydrogens is 260 g/mol. The largest absolute Gasteiger partial charge is 0.460 e. The number of carbonyl (C=O) groups is 1. The van der Waals surface area contributed by atoms with Crippen molar-refractivity contribution in [1.29, 1.82) is 0 Å². The van der Waals surface area contributed by atoms with Crippen LogP contribution in [0.1, 0.15) is 74.1 Å². The quantitative estimate of drug-likeness (QED) is 0.327. The summed E-state index contributed by atoms with van der Waals surface area (Å²) in [6, 6.07) is 0. The third-order valence-corrected chi connectivity index (χ3v) is 3.24. The average Bonchev–Trinajstić information content (AvgIpc) is 2.25. The van der Waals surface area contributed by atoms with E-state index in [0.717, 1.165) is 12.0 Å². The summed E-state index contributed by atoms with van der Waals surface area (Å²) in [6.07, 6.45) is 10.6. The molecule has 0 aliphatic heterocycles. The highest BCUT2D eigenvalue weighted by Crippen LogP contribution is 2.24. The average molecular weight is 294 g/mol. The number of rotatable bonds is 8. The molecule has 0 bridgehead atoms. The number of carbonyl (C=O) groups excluding carboxylic acids is 1. The van der Waals surface area contributed by atoms with Gasteiger partial charge in [0.15, 0.2) is 0 Å². The molecule has 2 heteroatoms. The Labute approximate surface area is 131 Å². The minimum atomic E-state index is -0.259. The van der Waals surface area contributed by atoms with Gasteiger partial charge in [0, 0.05) is 6.08 Å². The normalized spacial score (nSPS) is 14.8. The zero-order valence-corrected chi connectivity index (χ0v) is 15.0. The van der Waals surface area contributed by atoms with Crippen LogP contribution in [0, 0.1) is 11.3 Å². The Morgan fingerprint density at radius 2 is 1.81 bits per heavy atom. The van der Waals surface area contributed by atoms with Crippen molar-refractivity contribution in [3.05, 3.63) is 23.8 Å². The lowest BCUT2D eigenvalue weighted by molar-refractivity contribution is -0.141. The van der Waals surface area contributed by atoms with Crippen molar-refractivity contribution in [3.63, 3.8) is 0 Å². The number of esters is 1. The Hall–Kier alpha value is -1.05. The van der Waals surface area contributed by atoms with Crippen molar-refractivity contribution in [1.82, 2.24) is 0 Å². The van der Waals surface area contributed by atoms with Crippen LogP contribution in [-0.2, 0) is 9.53 Å². The van der Waals surface area contributed by atoms with E-state index in [2.05, 4.69) is 33.8 Å². The highest BCUT2D eigenvalue weighted by atomic mass is 16.5. The maximum atomic E-state index is 11.5. The van der Waals surface area contributed by atoms with E-state index in [1.54, 1.807) is 6.08 Å². The Bertz CT molecular complexity index is 356. The van der Waals surface area contributed by atoms with E-state index in [1.807, 2.05) is 26.8 Å². The van der Waals surface area contributed by atoms with Crippen molar-refractivity contribution in [2.24, 2.45) is 11.3 Å². The van der Waals surface area contributed by atoms with E-state index in [0.29, 0.717) is 11.3 Å². The monoisotopic (exact) mass is 294 g/mol. The second-order valence-corrected chi connectivity index (χ2v) is 7.57. The fraction of sp³-hybridized carbons (Fsp3) is 0.737. The predicted molar refractivity (Wildman–Crippen MR) is 91.2 cm³/mol. The molecule has 1 atom stereocenters. The highest BCUT2D eigenvalue weighted by molar-refractivity contribution is 5.83. The number of hydrogen-bond donors (Lipinski definition) is 0. The molecule has 0 radical (unpaired) electrons. The van der Waals surface area contributed by atoms with E-state index in [4.69, 9.17) is 4.74 Å². The van der Waals surface area contributed by atoms with Crippen LogP contribution in [0.5, 0.6) is 0 Å². The molecule has 0 heterocycles. The van der Waals surface area contributed by atoms with Crippen molar-refractivity contribution >= 4 is 5.97 Å². The fourth-order valence-corrected chi connectivity index (χ4v) is 2.09. The summed E-state index contributed by atoms with van der Waals surface area (Å²) >= 11 is 0. The van der Waals surface area contributed by atoms with Gasteiger partial charge in [-0.1, -0.05) is 52.7 Å². The van der Waals surface area contributed by atoms with Gasteiger partial charge in [0.05, 0.1) is 6.10 Å². The Kier molecular flexibility index (Phi) is 9.32.